The molecular formula is C24H30N6O3. The highest BCUT2D eigenvalue weighted by Crippen LogP contribution is 2.29. The van der Waals surface area contributed by atoms with Crippen LogP contribution in [-0.2, 0) is 6.54 Å². The number of rotatable bonds is 7. The van der Waals surface area contributed by atoms with E-state index in [1.807, 2.05) is 55.1 Å². The molecule has 0 bridgehead atoms. The lowest BCUT2D eigenvalue weighted by Crippen LogP contribution is -2.51. The van der Waals surface area contributed by atoms with E-state index in [1.165, 1.54) is 0 Å². The van der Waals surface area contributed by atoms with Crippen LogP contribution in [0.15, 0.2) is 48.8 Å². The minimum atomic E-state index is -0.0625. The van der Waals surface area contributed by atoms with Crippen LogP contribution in [0.5, 0.6) is 11.5 Å². The first-order valence-electron chi connectivity index (χ1n) is 11.1. The number of aryl methyl sites for hydroxylation is 1. The van der Waals surface area contributed by atoms with Crippen LogP contribution in [0.2, 0.25) is 0 Å². The number of para-hydroxylation sites is 1. The van der Waals surface area contributed by atoms with Gasteiger partial charge in [0.1, 0.15) is 29.3 Å². The van der Waals surface area contributed by atoms with Crippen LogP contribution in [0.25, 0.3) is 5.69 Å². The molecule has 0 aliphatic carbocycles. The number of anilines is 1. The van der Waals surface area contributed by atoms with Gasteiger partial charge in [-0.05, 0) is 32.0 Å². The van der Waals surface area contributed by atoms with Gasteiger partial charge in [0, 0.05) is 50.0 Å². The highest BCUT2D eigenvalue weighted by Gasteiger charge is 2.22. The number of piperazine rings is 1. The molecule has 174 valence electrons. The van der Waals surface area contributed by atoms with E-state index in [2.05, 4.69) is 26.4 Å². The summed E-state index contributed by atoms with van der Waals surface area (Å²) < 4.78 is 13.0. The zero-order valence-electron chi connectivity index (χ0n) is 19.3. The van der Waals surface area contributed by atoms with Crippen molar-refractivity contribution in [3.05, 3.63) is 60.2 Å². The van der Waals surface area contributed by atoms with Gasteiger partial charge in [0.05, 0.1) is 13.7 Å². The maximum Gasteiger partial charge on any atom is 0.317 e. The van der Waals surface area contributed by atoms with Crippen molar-refractivity contribution in [1.29, 1.82) is 0 Å². The Labute approximate surface area is 193 Å². The molecule has 0 radical (unpaired) electrons. The molecule has 1 fully saturated rings. The second kappa shape index (κ2) is 10.2. The van der Waals surface area contributed by atoms with Crippen LogP contribution in [-0.4, -0.2) is 65.6 Å². The number of hydrogen-bond acceptors (Lipinski definition) is 6. The number of nitrogens with zero attached hydrogens (tertiary/aromatic N) is 5. The van der Waals surface area contributed by atoms with Gasteiger partial charge in [0.15, 0.2) is 0 Å². The SMILES string of the molecule is CCOc1cc(N2CCN(C(=O)NCc3ccccc3OC)CC2)ccc1-n1cnc(C)n1. The number of methoxy groups -OCH3 is 1. The van der Waals surface area contributed by atoms with Crippen LogP contribution < -0.4 is 19.7 Å². The van der Waals surface area contributed by atoms with Gasteiger partial charge in [-0.3, -0.25) is 0 Å². The Morgan fingerprint density at radius 3 is 2.58 bits per heavy atom. The first-order valence-corrected chi connectivity index (χ1v) is 11.1. The summed E-state index contributed by atoms with van der Waals surface area (Å²) in [6.45, 7) is 7.60. The van der Waals surface area contributed by atoms with Gasteiger partial charge < -0.3 is 24.6 Å². The minimum Gasteiger partial charge on any atom is -0.496 e. The maximum absolute atomic E-state index is 12.7. The third kappa shape index (κ3) is 5.19. The number of hydrogen-bond donors (Lipinski definition) is 1. The van der Waals surface area contributed by atoms with E-state index in [4.69, 9.17) is 9.47 Å². The number of amides is 2. The third-order valence-corrected chi connectivity index (χ3v) is 5.65. The third-order valence-electron chi connectivity index (χ3n) is 5.65. The van der Waals surface area contributed by atoms with Crippen LogP contribution >= 0.6 is 0 Å². The van der Waals surface area contributed by atoms with Crippen molar-refractivity contribution in [2.24, 2.45) is 0 Å². The van der Waals surface area contributed by atoms with Gasteiger partial charge in [-0.1, -0.05) is 18.2 Å². The highest BCUT2D eigenvalue weighted by atomic mass is 16.5. The van der Waals surface area contributed by atoms with Gasteiger partial charge in [-0.15, -0.1) is 0 Å². The molecule has 0 spiro atoms. The Morgan fingerprint density at radius 1 is 1.09 bits per heavy atom. The second-order valence-corrected chi connectivity index (χ2v) is 7.77. The van der Waals surface area contributed by atoms with Crippen LogP contribution in [0, 0.1) is 6.92 Å². The molecule has 1 N–H and O–H groups in total. The summed E-state index contributed by atoms with van der Waals surface area (Å²) in [6, 6.07) is 13.7. The summed E-state index contributed by atoms with van der Waals surface area (Å²) in [5.74, 6) is 2.25. The minimum absolute atomic E-state index is 0.0625. The van der Waals surface area contributed by atoms with E-state index in [9.17, 15) is 4.79 Å². The molecule has 33 heavy (non-hydrogen) atoms. The topological polar surface area (TPSA) is 84.8 Å². The summed E-state index contributed by atoms with van der Waals surface area (Å²) in [6.07, 6.45) is 1.69. The maximum atomic E-state index is 12.7. The highest BCUT2D eigenvalue weighted by molar-refractivity contribution is 5.74. The molecule has 9 heteroatoms. The number of carbonyl (C=O) groups is 1. The molecule has 1 aliphatic heterocycles. The molecule has 4 rings (SSSR count). The number of carbonyl (C=O) groups excluding carboxylic acids is 1. The van der Waals surface area contributed by atoms with Crippen LogP contribution in [0.1, 0.15) is 18.3 Å². The first kappa shape index (κ1) is 22.4. The van der Waals surface area contributed by atoms with Crippen molar-refractivity contribution < 1.29 is 14.3 Å². The zero-order chi connectivity index (χ0) is 23.2. The zero-order valence-corrected chi connectivity index (χ0v) is 19.3. The summed E-state index contributed by atoms with van der Waals surface area (Å²) >= 11 is 0. The largest absolute Gasteiger partial charge is 0.496 e. The molecule has 9 nitrogen and oxygen atoms in total. The predicted octanol–water partition coefficient (Wildman–Crippen LogP) is 3.01. The average molecular weight is 451 g/mol. The fraction of sp³-hybridized carbons (Fsp3) is 0.375. The predicted molar refractivity (Wildman–Crippen MR) is 126 cm³/mol. The van der Waals surface area contributed by atoms with Gasteiger partial charge in [0.25, 0.3) is 0 Å². The van der Waals surface area contributed by atoms with Crippen LogP contribution in [0.4, 0.5) is 10.5 Å². The summed E-state index contributed by atoms with van der Waals surface area (Å²) in [7, 11) is 1.64. The number of nitrogens with one attached hydrogen (secondary N) is 1. The normalized spacial score (nSPS) is 13.7. The molecule has 1 saturated heterocycles. The molecular weight excluding hydrogens is 420 g/mol. The smallest absolute Gasteiger partial charge is 0.317 e. The van der Waals surface area contributed by atoms with E-state index in [0.717, 1.165) is 41.5 Å². The summed E-state index contributed by atoms with van der Waals surface area (Å²) in [5.41, 5.74) is 2.88. The molecule has 1 aromatic heterocycles. The van der Waals surface area contributed by atoms with E-state index in [-0.39, 0.29) is 6.03 Å². The van der Waals surface area contributed by atoms with E-state index < -0.39 is 0 Å². The summed E-state index contributed by atoms with van der Waals surface area (Å²) in [5, 5.41) is 7.40. The number of urea groups is 1. The Morgan fingerprint density at radius 2 is 1.88 bits per heavy atom. The lowest BCUT2D eigenvalue weighted by atomic mass is 10.2. The quantitative estimate of drug-likeness (QED) is 0.596. The number of aromatic nitrogens is 3. The molecule has 0 saturated carbocycles. The van der Waals surface area contributed by atoms with Gasteiger partial charge in [-0.2, -0.15) is 5.10 Å². The van der Waals surface area contributed by atoms with Crippen molar-refractivity contribution >= 4 is 11.7 Å². The van der Waals surface area contributed by atoms with Crippen molar-refractivity contribution in [3.63, 3.8) is 0 Å². The lowest BCUT2D eigenvalue weighted by Gasteiger charge is -2.36. The van der Waals surface area contributed by atoms with Crippen molar-refractivity contribution in [2.75, 3.05) is 44.8 Å². The molecule has 0 atom stereocenters. The Hall–Kier alpha value is -3.75. The van der Waals surface area contributed by atoms with E-state index >= 15 is 0 Å². The average Bonchev–Trinajstić information content (AvgIpc) is 3.29. The Kier molecular flexibility index (Phi) is 6.97. The van der Waals surface area contributed by atoms with E-state index in [1.54, 1.807) is 18.1 Å². The Balaban J connectivity index is 1.37. The van der Waals surface area contributed by atoms with Gasteiger partial charge >= 0.3 is 6.03 Å². The number of benzene rings is 2. The van der Waals surface area contributed by atoms with Crippen LogP contribution in [0.3, 0.4) is 0 Å². The molecule has 2 aromatic carbocycles. The lowest BCUT2D eigenvalue weighted by molar-refractivity contribution is 0.194. The van der Waals surface area contributed by atoms with Gasteiger partial charge in [0.2, 0.25) is 0 Å². The standard InChI is InChI=1S/C24H30N6O3/c1-4-33-23-15-20(9-10-21(23)30-17-26-18(2)27-30)28-11-13-29(14-12-28)24(31)25-16-19-7-5-6-8-22(19)32-3/h5-10,15,17H,4,11-14,16H2,1-3H3,(H,25,31). The monoisotopic (exact) mass is 450 g/mol. The fourth-order valence-electron chi connectivity index (χ4n) is 3.92. The molecule has 0 unspecified atom stereocenters. The molecule has 2 heterocycles. The molecule has 2 amide bonds. The van der Waals surface area contributed by atoms with Crippen molar-refractivity contribution in [1.82, 2.24) is 25.0 Å². The van der Waals surface area contributed by atoms with E-state index in [0.29, 0.717) is 32.1 Å². The Bertz CT molecular complexity index is 1090. The van der Waals surface area contributed by atoms with Crippen molar-refractivity contribution in [3.8, 4) is 17.2 Å². The van der Waals surface area contributed by atoms with Gasteiger partial charge in [-0.25, -0.2) is 14.5 Å². The summed E-state index contributed by atoms with van der Waals surface area (Å²) in [4.78, 5) is 21.0. The van der Waals surface area contributed by atoms with Crippen molar-refractivity contribution in [2.45, 2.75) is 20.4 Å². The number of ether oxygens (including phenoxy) is 2. The molecule has 1 aliphatic rings. The fourth-order valence-corrected chi connectivity index (χ4v) is 3.92. The molecule has 3 aromatic rings. The second-order valence-electron chi connectivity index (χ2n) is 7.77. The first-order chi connectivity index (χ1) is 16.1.